The van der Waals surface area contributed by atoms with Crippen molar-refractivity contribution >= 4 is 27.3 Å². The first-order valence-electron chi connectivity index (χ1n) is 4.58. The van der Waals surface area contributed by atoms with E-state index in [-0.39, 0.29) is 6.10 Å². The molecule has 3 heteroatoms. The van der Waals surface area contributed by atoms with Gasteiger partial charge in [0.25, 0.3) is 0 Å². The Kier molecular flexibility index (Phi) is 2.77. The van der Waals surface area contributed by atoms with Crippen molar-refractivity contribution in [2.75, 3.05) is 0 Å². The molecule has 2 rings (SSSR count). The molecule has 0 saturated heterocycles. The summed E-state index contributed by atoms with van der Waals surface area (Å²) in [6.45, 7) is 2.21. The highest BCUT2D eigenvalue weighted by Crippen LogP contribution is 2.42. The van der Waals surface area contributed by atoms with E-state index in [9.17, 15) is 5.11 Å². The molecule has 3 atom stereocenters. The van der Waals surface area contributed by atoms with Crippen LogP contribution in [-0.2, 0) is 6.42 Å². The lowest BCUT2D eigenvalue weighted by atomic mass is 10.1. The quantitative estimate of drug-likeness (QED) is 0.886. The molecular formula is C10H13BrOS. The van der Waals surface area contributed by atoms with Crippen molar-refractivity contribution in [1.29, 1.82) is 0 Å². The molecule has 1 nitrogen and oxygen atoms in total. The van der Waals surface area contributed by atoms with E-state index < -0.39 is 0 Å². The molecule has 72 valence electrons. The molecule has 3 unspecified atom stereocenters. The van der Waals surface area contributed by atoms with Crippen molar-refractivity contribution in [2.24, 2.45) is 11.8 Å². The molecule has 0 radical (unpaired) electrons. The van der Waals surface area contributed by atoms with Crippen LogP contribution in [0.3, 0.4) is 0 Å². The topological polar surface area (TPSA) is 20.2 Å². The summed E-state index contributed by atoms with van der Waals surface area (Å²) in [5.74, 6) is 1.28. The Bertz CT molecular complexity index is 297. The minimum atomic E-state index is -0.134. The summed E-state index contributed by atoms with van der Waals surface area (Å²) >= 11 is 5.20. The fourth-order valence-corrected chi connectivity index (χ4v) is 3.26. The molecule has 1 N–H and O–H groups in total. The second-order valence-electron chi connectivity index (χ2n) is 3.84. The summed E-state index contributed by atoms with van der Waals surface area (Å²) in [4.78, 5) is 1.27. The van der Waals surface area contributed by atoms with Crippen LogP contribution in [0, 0.1) is 11.8 Å². The van der Waals surface area contributed by atoms with Crippen molar-refractivity contribution in [3.8, 4) is 0 Å². The van der Waals surface area contributed by atoms with Crippen molar-refractivity contribution in [2.45, 2.75) is 25.9 Å². The molecule has 1 heterocycles. The average molecular weight is 261 g/mol. The molecule has 0 aliphatic heterocycles. The lowest BCUT2D eigenvalue weighted by Crippen LogP contribution is -2.13. The van der Waals surface area contributed by atoms with Crippen molar-refractivity contribution in [3.63, 3.8) is 0 Å². The van der Waals surface area contributed by atoms with Crippen molar-refractivity contribution in [3.05, 3.63) is 20.8 Å². The van der Waals surface area contributed by atoms with Crippen LogP contribution in [0.2, 0.25) is 0 Å². The molecule has 0 aromatic carbocycles. The predicted octanol–water partition coefficient (Wildman–Crippen LogP) is 3.07. The van der Waals surface area contributed by atoms with Gasteiger partial charge in [0, 0.05) is 15.8 Å². The van der Waals surface area contributed by atoms with E-state index in [2.05, 4.69) is 28.2 Å². The van der Waals surface area contributed by atoms with Gasteiger partial charge in [-0.2, -0.15) is 0 Å². The van der Waals surface area contributed by atoms with Crippen LogP contribution < -0.4 is 0 Å². The molecular weight excluding hydrogens is 248 g/mol. The number of rotatable bonds is 3. The largest absolute Gasteiger partial charge is 0.392 e. The van der Waals surface area contributed by atoms with Gasteiger partial charge < -0.3 is 5.11 Å². The molecule has 0 spiro atoms. The Labute approximate surface area is 90.9 Å². The van der Waals surface area contributed by atoms with E-state index in [1.54, 1.807) is 11.3 Å². The number of halogens is 1. The van der Waals surface area contributed by atoms with Gasteiger partial charge >= 0.3 is 0 Å². The summed E-state index contributed by atoms with van der Waals surface area (Å²) in [6, 6.07) is 2.04. The SMILES string of the molecule is CC1CC1C(O)Cc1sccc1Br. The molecule has 1 fully saturated rings. The monoisotopic (exact) mass is 260 g/mol. The minimum absolute atomic E-state index is 0.134. The first-order chi connectivity index (χ1) is 6.18. The average Bonchev–Trinajstić information content (AvgIpc) is 2.68. The smallest absolute Gasteiger partial charge is 0.0619 e. The van der Waals surface area contributed by atoms with Crippen molar-refractivity contribution in [1.82, 2.24) is 0 Å². The standard InChI is InChI=1S/C10H13BrOS/c1-6-4-7(6)9(12)5-10-8(11)2-3-13-10/h2-3,6-7,9,12H,4-5H2,1H3. The Balaban J connectivity index is 1.94. The summed E-state index contributed by atoms with van der Waals surface area (Å²) in [7, 11) is 0. The second-order valence-corrected chi connectivity index (χ2v) is 5.70. The number of aliphatic hydroxyl groups is 1. The van der Waals surface area contributed by atoms with Crippen LogP contribution in [-0.4, -0.2) is 11.2 Å². The fourth-order valence-electron chi connectivity index (χ4n) is 1.70. The van der Waals surface area contributed by atoms with E-state index in [0.29, 0.717) is 5.92 Å². The van der Waals surface area contributed by atoms with Gasteiger partial charge in [-0.15, -0.1) is 11.3 Å². The molecule has 1 aromatic heterocycles. The number of thiophene rings is 1. The Morgan fingerprint density at radius 2 is 2.46 bits per heavy atom. The maximum atomic E-state index is 9.84. The zero-order valence-electron chi connectivity index (χ0n) is 7.53. The molecule has 1 aromatic rings. The van der Waals surface area contributed by atoms with E-state index in [0.717, 1.165) is 16.8 Å². The summed E-state index contributed by atoms with van der Waals surface area (Å²) in [5.41, 5.74) is 0. The predicted molar refractivity (Wildman–Crippen MR) is 59.0 cm³/mol. The molecule has 0 bridgehead atoms. The first-order valence-corrected chi connectivity index (χ1v) is 6.25. The van der Waals surface area contributed by atoms with E-state index in [4.69, 9.17) is 0 Å². The van der Waals surface area contributed by atoms with Gasteiger partial charge in [0.2, 0.25) is 0 Å². The van der Waals surface area contributed by atoms with Crippen LogP contribution in [0.25, 0.3) is 0 Å². The van der Waals surface area contributed by atoms with Crippen molar-refractivity contribution < 1.29 is 5.11 Å². The third-order valence-corrected chi connectivity index (χ3v) is 4.70. The molecule has 1 aliphatic carbocycles. The molecule has 1 saturated carbocycles. The normalized spacial score (nSPS) is 28.8. The fraction of sp³-hybridized carbons (Fsp3) is 0.600. The second kappa shape index (κ2) is 3.71. The minimum Gasteiger partial charge on any atom is -0.392 e. The van der Waals surface area contributed by atoms with Gasteiger partial charge in [-0.1, -0.05) is 6.92 Å². The first kappa shape index (κ1) is 9.69. The van der Waals surface area contributed by atoms with Crippen LogP contribution in [0.1, 0.15) is 18.2 Å². The summed E-state index contributed by atoms with van der Waals surface area (Å²) in [5, 5.41) is 11.9. The number of hydrogen-bond acceptors (Lipinski definition) is 2. The van der Waals surface area contributed by atoms with Gasteiger partial charge in [0.15, 0.2) is 0 Å². The molecule has 13 heavy (non-hydrogen) atoms. The highest BCUT2D eigenvalue weighted by Gasteiger charge is 2.38. The zero-order valence-corrected chi connectivity index (χ0v) is 9.94. The number of hydrogen-bond donors (Lipinski definition) is 1. The van der Waals surface area contributed by atoms with E-state index in [1.165, 1.54) is 11.3 Å². The molecule has 1 aliphatic rings. The van der Waals surface area contributed by atoms with E-state index in [1.807, 2.05) is 6.07 Å². The lowest BCUT2D eigenvalue weighted by Gasteiger charge is -2.08. The third kappa shape index (κ3) is 2.14. The highest BCUT2D eigenvalue weighted by molar-refractivity contribution is 9.10. The van der Waals surface area contributed by atoms with Gasteiger partial charge in [0.05, 0.1) is 6.10 Å². The van der Waals surface area contributed by atoms with E-state index >= 15 is 0 Å². The maximum Gasteiger partial charge on any atom is 0.0619 e. The van der Waals surface area contributed by atoms with Crippen LogP contribution in [0.15, 0.2) is 15.9 Å². The lowest BCUT2D eigenvalue weighted by molar-refractivity contribution is 0.147. The highest BCUT2D eigenvalue weighted by atomic mass is 79.9. The third-order valence-electron chi connectivity index (χ3n) is 2.75. The van der Waals surface area contributed by atoms with Gasteiger partial charge in [-0.25, -0.2) is 0 Å². The Morgan fingerprint density at radius 1 is 1.77 bits per heavy atom. The number of aliphatic hydroxyl groups excluding tert-OH is 1. The molecule has 0 amide bonds. The van der Waals surface area contributed by atoms with Crippen LogP contribution in [0.4, 0.5) is 0 Å². The Hall–Kier alpha value is 0.140. The Morgan fingerprint density at radius 3 is 2.92 bits per heavy atom. The van der Waals surface area contributed by atoms with Crippen LogP contribution >= 0.6 is 27.3 Å². The summed E-state index contributed by atoms with van der Waals surface area (Å²) in [6.07, 6.45) is 1.88. The van der Waals surface area contributed by atoms with Gasteiger partial charge in [-0.3, -0.25) is 0 Å². The van der Waals surface area contributed by atoms with Crippen LogP contribution in [0.5, 0.6) is 0 Å². The maximum absolute atomic E-state index is 9.84. The zero-order chi connectivity index (χ0) is 9.42. The summed E-state index contributed by atoms with van der Waals surface area (Å²) < 4.78 is 1.14. The van der Waals surface area contributed by atoms with Gasteiger partial charge in [0.1, 0.15) is 0 Å². The van der Waals surface area contributed by atoms with Gasteiger partial charge in [-0.05, 0) is 45.6 Å².